The molecule has 3 nitrogen and oxygen atoms in total. The van der Waals surface area contributed by atoms with E-state index in [9.17, 15) is 8.78 Å². The Bertz CT molecular complexity index is 758. The van der Waals surface area contributed by atoms with Gasteiger partial charge >= 0.3 is 0 Å². The molecule has 1 unspecified atom stereocenters. The third kappa shape index (κ3) is 5.12. The van der Waals surface area contributed by atoms with Crippen LogP contribution in [0.15, 0.2) is 36.4 Å². The van der Waals surface area contributed by atoms with Crippen LogP contribution in [0.25, 0.3) is 0 Å². The molecule has 1 aliphatic carbocycles. The highest BCUT2D eigenvalue weighted by Crippen LogP contribution is 2.30. The highest BCUT2D eigenvalue weighted by atomic mass is 19.1. The zero-order valence-corrected chi connectivity index (χ0v) is 15.8. The molecular weight excluding hydrogens is 344 g/mol. The van der Waals surface area contributed by atoms with Gasteiger partial charge in [0, 0.05) is 30.7 Å². The first kappa shape index (κ1) is 19.9. The number of nitrogens with one attached hydrogen (secondary N) is 1. The minimum absolute atomic E-state index is 0.283. The van der Waals surface area contributed by atoms with Crippen molar-refractivity contribution < 1.29 is 8.78 Å². The summed E-state index contributed by atoms with van der Waals surface area (Å²) in [4.78, 5) is 0. The molecule has 0 spiro atoms. The van der Waals surface area contributed by atoms with Crippen LogP contribution in [0.1, 0.15) is 48.1 Å². The molecule has 27 heavy (non-hydrogen) atoms. The molecule has 0 aromatic heterocycles. The van der Waals surface area contributed by atoms with E-state index in [2.05, 4.69) is 30.4 Å². The monoisotopic (exact) mass is 373 g/mol. The molecule has 0 bridgehead atoms. The maximum absolute atomic E-state index is 13.3. The lowest BCUT2D eigenvalue weighted by Gasteiger charge is -2.29. The molecule has 2 aromatic rings. The summed E-state index contributed by atoms with van der Waals surface area (Å²) in [5.74, 6) is -1.18. The molecule has 0 saturated heterocycles. The first-order valence-electron chi connectivity index (χ1n) is 9.77. The summed E-state index contributed by atoms with van der Waals surface area (Å²) >= 11 is 0. The number of hydrogen-bond acceptors (Lipinski definition) is 3. The zero-order chi connectivity index (χ0) is 19.4. The van der Waals surface area contributed by atoms with Crippen LogP contribution in [0, 0.1) is 11.6 Å². The maximum atomic E-state index is 13.3. The van der Waals surface area contributed by atoms with Gasteiger partial charge in [-0.1, -0.05) is 25.1 Å². The first-order chi connectivity index (χ1) is 13.0. The number of halogens is 2. The van der Waals surface area contributed by atoms with Gasteiger partial charge in [-0.3, -0.25) is 0 Å². The minimum atomic E-state index is -0.588. The normalized spacial score (nSPS) is 18.8. The van der Waals surface area contributed by atoms with E-state index >= 15 is 0 Å². The van der Waals surface area contributed by atoms with Gasteiger partial charge in [-0.2, -0.15) is 0 Å². The highest BCUT2D eigenvalue weighted by molar-refractivity contribution is 5.36. The summed E-state index contributed by atoms with van der Waals surface area (Å²) in [6.45, 7) is 2.73. The summed E-state index contributed by atoms with van der Waals surface area (Å²) in [5, 5.41) is 3.57. The Hall–Kier alpha value is -1.82. The van der Waals surface area contributed by atoms with Crippen molar-refractivity contribution in [2.24, 2.45) is 11.5 Å². The molecule has 0 heterocycles. The van der Waals surface area contributed by atoms with Crippen molar-refractivity contribution >= 4 is 0 Å². The fourth-order valence-corrected chi connectivity index (χ4v) is 3.86. The fourth-order valence-electron chi connectivity index (χ4n) is 3.86. The van der Waals surface area contributed by atoms with E-state index in [1.54, 1.807) is 0 Å². The molecule has 3 atom stereocenters. The van der Waals surface area contributed by atoms with Crippen LogP contribution in [0.4, 0.5) is 8.78 Å². The van der Waals surface area contributed by atoms with Crippen molar-refractivity contribution in [2.75, 3.05) is 6.54 Å². The van der Waals surface area contributed by atoms with Crippen molar-refractivity contribution in [2.45, 2.75) is 57.2 Å². The average molecular weight is 373 g/mol. The molecule has 0 aliphatic heterocycles. The topological polar surface area (TPSA) is 64.1 Å². The molecule has 2 aromatic carbocycles. The average Bonchev–Trinajstić information content (AvgIpc) is 2.64. The number of hydrogen-bond donors (Lipinski definition) is 3. The van der Waals surface area contributed by atoms with Gasteiger partial charge in [-0.25, -0.2) is 8.78 Å². The van der Waals surface area contributed by atoms with E-state index in [0.29, 0.717) is 18.5 Å². The third-order valence-corrected chi connectivity index (χ3v) is 5.48. The van der Waals surface area contributed by atoms with Crippen LogP contribution < -0.4 is 16.8 Å². The van der Waals surface area contributed by atoms with Gasteiger partial charge in [-0.05, 0) is 66.5 Å². The molecular formula is C22H29F2N3. The molecule has 5 heteroatoms. The molecule has 1 aliphatic rings. The Morgan fingerprint density at radius 2 is 1.78 bits per heavy atom. The van der Waals surface area contributed by atoms with Crippen LogP contribution in [0.2, 0.25) is 0 Å². The Labute approximate surface area is 160 Å². The van der Waals surface area contributed by atoms with Crippen molar-refractivity contribution in [3.63, 3.8) is 0 Å². The first-order valence-corrected chi connectivity index (χ1v) is 9.77. The second kappa shape index (κ2) is 8.91. The van der Waals surface area contributed by atoms with Crippen molar-refractivity contribution in [3.8, 4) is 0 Å². The van der Waals surface area contributed by atoms with Gasteiger partial charge in [0.1, 0.15) is 11.6 Å². The predicted molar refractivity (Wildman–Crippen MR) is 106 cm³/mol. The highest BCUT2D eigenvalue weighted by Gasteiger charge is 2.22. The van der Waals surface area contributed by atoms with E-state index in [1.165, 1.54) is 28.8 Å². The minimum Gasteiger partial charge on any atom is -0.326 e. The van der Waals surface area contributed by atoms with Crippen LogP contribution in [-0.4, -0.2) is 18.6 Å². The number of fused-ring (bicyclic) bond motifs is 1. The SMILES string of the molecule is CCc1ccc2c(c1)[C@H](NCC(N)[C@@H](N)Cc1cc(F)cc(F)c1)CCC2. The number of rotatable bonds is 7. The largest absolute Gasteiger partial charge is 0.326 e. The van der Waals surface area contributed by atoms with Crippen molar-refractivity contribution in [1.82, 2.24) is 5.32 Å². The molecule has 0 amide bonds. The van der Waals surface area contributed by atoms with Gasteiger partial charge < -0.3 is 16.8 Å². The fraction of sp³-hybridized carbons (Fsp3) is 0.455. The molecule has 0 saturated carbocycles. The van der Waals surface area contributed by atoms with Gasteiger partial charge in [0.25, 0.3) is 0 Å². The standard InChI is InChI=1S/C22H29F2N3/c1-2-14-6-7-16-4-3-5-22(19(16)10-14)27-13-21(26)20(25)11-15-8-17(23)12-18(24)9-15/h6-10,12,20-22,27H,2-5,11,13,25-26H2,1H3/t20-,21?,22+/m0/s1. The van der Waals surface area contributed by atoms with Crippen LogP contribution >= 0.6 is 0 Å². The molecule has 0 radical (unpaired) electrons. The summed E-state index contributed by atoms with van der Waals surface area (Å²) in [5.41, 5.74) is 17.1. The van der Waals surface area contributed by atoms with E-state index in [4.69, 9.17) is 11.5 Å². The number of nitrogens with two attached hydrogens (primary N) is 2. The lowest BCUT2D eigenvalue weighted by Crippen LogP contribution is -2.49. The second-order valence-electron chi connectivity index (χ2n) is 7.55. The van der Waals surface area contributed by atoms with E-state index in [0.717, 1.165) is 31.7 Å². The number of aryl methyl sites for hydroxylation is 2. The van der Waals surface area contributed by atoms with Crippen molar-refractivity contribution in [3.05, 3.63) is 70.3 Å². The summed E-state index contributed by atoms with van der Waals surface area (Å²) < 4.78 is 26.7. The summed E-state index contributed by atoms with van der Waals surface area (Å²) in [6.07, 6.45) is 4.72. The predicted octanol–water partition coefficient (Wildman–Crippen LogP) is 3.39. The van der Waals surface area contributed by atoms with Gasteiger partial charge in [0.05, 0.1) is 0 Å². The maximum Gasteiger partial charge on any atom is 0.126 e. The lowest BCUT2D eigenvalue weighted by atomic mass is 9.86. The van der Waals surface area contributed by atoms with Crippen LogP contribution in [0.3, 0.4) is 0 Å². The Morgan fingerprint density at radius 3 is 2.48 bits per heavy atom. The van der Waals surface area contributed by atoms with Gasteiger partial charge in [0.15, 0.2) is 0 Å². The summed E-state index contributed by atoms with van der Waals surface area (Å²) in [7, 11) is 0. The van der Waals surface area contributed by atoms with Gasteiger partial charge in [0.2, 0.25) is 0 Å². The van der Waals surface area contributed by atoms with E-state index in [1.807, 2.05) is 0 Å². The molecule has 0 fully saturated rings. The molecule has 146 valence electrons. The van der Waals surface area contributed by atoms with E-state index in [-0.39, 0.29) is 18.1 Å². The molecule has 3 rings (SSSR count). The lowest BCUT2D eigenvalue weighted by molar-refractivity contribution is 0.410. The second-order valence-corrected chi connectivity index (χ2v) is 7.55. The van der Waals surface area contributed by atoms with Crippen LogP contribution in [-0.2, 0) is 19.3 Å². The smallest absolute Gasteiger partial charge is 0.126 e. The van der Waals surface area contributed by atoms with Crippen LogP contribution in [0.5, 0.6) is 0 Å². The van der Waals surface area contributed by atoms with E-state index < -0.39 is 11.6 Å². The Kier molecular flexibility index (Phi) is 6.58. The van der Waals surface area contributed by atoms with Gasteiger partial charge in [-0.15, -0.1) is 0 Å². The quantitative estimate of drug-likeness (QED) is 0.697. The summed E-state index contributed by atoms with van der Waals surface area (Å²) in [6, 6.07) is 9.85. The Morgan fingerprint density at radius 1 is 1.04 bits per heavy atom. The molecule has 5 N–H and O–H groups in total. The van der Waals surface area contributed by atoms with Crippen molar-refractivity contribution in [1.29, 1.82) is 0 Å². The number of benzene rings is 2. The Balaban J connectivity index is 1.60. The zero-order valence-electron chi connectivity index (χ0n) is 15.8. The third-order valence-electron chi connectivity index (χ3n) is 5.48.